The highest BCUT2D eigenvalue weighted by atomic mass is 16.5. The van der Waals surface area contributed by atoms with Crippen molar-refractivity contribution in [2.24, 2.45) is 0 Å². The van der Waals surface area contributed by atoms with Crippen molar-refractivity contribution in [2.75, 3.05) is 33.4 Å². The molecule has 1 aromatic rings. The average Bonchev–Trinajstić information content (AvgIpc) is 2.88. The summed E-state index contributed by atoms with van der Waals surface area (Å²) in [5.41, 5.74) is 0. The van der Waals surface area contributed by atoms with Gasteiger partial charge in [-0.2, -0.15) is 0 Å². The minimum Gasteiger partial charge on any atom is -0.475 e. The molecular weight excluding hydrogens is 254 g/mol. The number of ether oxygens (including phenoxy) is 2. The van der Waals surface area contributed by atoms with E-state index in [0.29, 0.717) is 26.3 Å². The van der Waals surface area contributed by atoms with E-state index in [1.54, 1.807) is 12.0 Å². The summed E-state index contributed by atoms with van der Waals surface area (Å²) in [7, 11) is 1.57. The summed E-state index contributed by atoms with van der Waals surface area (Å²) in [6.07, 6.45) is -0.170. The Labute approximate surface area is 109 Å². The summed E-state index contributed by atoms with van der Waals surface area (Å²) in [6, 6.07) is 2.63. The number of hydrogen-bond acceptors (Lipinski definition) is 5. The zero-order chi connectivity index (χ0) is 13.8. The number of carboxylic acid groups (broad SMARTS) is 1. The molecule has 1 aliphatic rings. The van der Waals surface area contributed by atoms with Gasteiger partial charge in [0.1, 0.15) is 0 Å². The number of amides is 1. The Kier molecular flexibility index (Phi) is 4.18. The lowest BCUT2D eigenvalue weighted by atomic mass is 10.2. The van der Waals surface area contributed by atoms with Gasteiger partial charge in [-0.1, -0.05) is 0 Å². The fourth-order valence-corrected chi connectivity index (χ4v) is 1.91. The number of furan rings is 1. The molecule has 7 heteroatoms. The van der Waals surface area contributed by atoms with Gasteiger partial charge in [0.2, 0.25) is 5.76 Å². The number of carboxylic acids is 1. The SMILES string of the molecule is COCC1CN(C(=O)c2ccc(C(=O)O)o2)CCO1. The molecule has 1 aromatic heterocycles. The molecule has 104 valence electrons. The van der Waals surface area contributed by atoms with Gasteiger partial charge in [0, 0.05) is 20.2 Å². The fourth-order valence-electron chi connectivity index (χ4n) is 1.91. The number of nitrogens with zero attached hydrogens (tertiary/aromatic N) is 1. The van der Waals surface area contributed by atoms with Crippen LogP contribution in [0.15, 0.2) is 16.5 Å². The Hall–Kier alpha value is -1.86. The minimum atomic E-state index is -1.20. The molecule has 2 rings (SSSR count). The van der Waals surface area contributed by atoms with E-state index < -0.39 is 5.97 Å². The number of morpholine rings is 1. The first-order chi connectivity index (χ1) is 9.11. The van der Waals surface area contributed by atoms with Gasteiger partial charge < -0.3 is 23.9 Å². The number of carbonyl (C=O) groups excluding carboxylic acids is 1. The molecule has 1 aliphatic heterocycles. The van der Waals surface area contributed by atoms with E-state index in [2.05, 4.69) is 0 Å². The Morgan fingerprint density at radius 2 is 2.21 bits per heavy atom. The van der Waals surface area contributed by atoms with Crippen LogP contribution in [0.3, 0.4) is 0 Å². The normalized spacial score (nSPS) is 19.4. The quantitative estimate of drug-likeness (QED) is 0.854. The predicted molar refractivity (Wildman–Crippen MR) is 63.2 cm³/mol. The van der Waals surface area contributed by atoms with Gasteiger partial charge in [0.25, 0.3) is 5.91 Å². The molecule has 1 unspecified atom stereocenters. The van der Waals surface area contributed by atoms with Crippen LogP contribution in [0.4, 0.5) is 0 Å². The second-order valence-corrected chi connectivity index (χ2v) is 4.17. The van der Waals surface area contributed by atoms with Crippen molar-refractivity contribution in [3.8, 4) is 0 Å². The number of aromatic carboxylic acids is 1. The summed E-state index contributed by atoms with van der Waals surface area (Å²) in [4.78, 5) is 24.4. The van der Waals surface area contributed by atoms with Crippen molar-refractivity contribution in [1.29, 1.82) is 0 Å². The molecule has 1 amide bonds. The molecule has 1 fully saturated rings. The van der Waals surface area contributed by atoms with Crippen molar-refractivity contribution >= 4 is 11.9 Å². The molecule has 1 saturated heterocycles. The van der Waals surface area contributed by atoms with E-state index in [1.807, 2.05) is 0 Å². The largest absolute Gasteiger partial charge is 0.475 e. The van der Waals surface area contributed by atoms with Crippen LogP contribution < -0.4 is 0 Å². The van der Waals surface area contributed by atoms with E-state index in [4.69, 9.17) is 19.0 Å². The Balaban J connectivity index is 2.03. The van der Waals surface area contributed by atoms with Gasteiger partial charge in [-0.05, 0) is 12.1 Å². The van der Waals surface area contributed by atoms with Gasteiger partial charge in [-0.25, -0.2) is 4.79 Å². The van der Waals surface area contributed by atoms with Gasteiger partial charge in [-0.15, -0.1) is 0 Å². The van der Waals surface area contributed by atoms with Crippen LogP contribution in [0.2, 0.25) is 0 Å². The molecule has 2 heterocycles. The Morgan fingerprint density at radius 1 is 1.47 bits per heavy atom. The lowest BCUT2D eigenvalue weighted by Gasteiger charge is -2.32. The molecule has 0 spiro atoms. The third kappa shape index (κ3) is 3.12. The van der Waals surface area contributed by atoms with Crippen molar-refractivity contribution < 1.29 is 28.6 Å². The van der Waals surface area contributed by atoms with Gasteiger partial charge in [-0.3, -0.25) is 4.79 Å². The monoisotopic (exact) mass is 269 g/mol. The van der Waals surface area contributed by atoms with Crippen LogP contribution in [-0.4, -0.2) is 61.4 Å². The van der Waals surface area contributed by atoms with Crippen molar-refractivity contribution in [3.63, 3.8) is 0 Å². The summed E-state index contributed by atoms with van der Waals surface area (Å²) in [5, 5.41) is 8.75. The Bertz CT molecular complexity index is 467. The number of rotatable bonds is 4. The molecule has 0 saturated carbocycles. The maximum absolute atomic E-state index is 12.1. The van der Waals surface area contributed by atoms with Crippen LogP contribution in [0.1, 0.15) is 21.1 Å². The molecular formula is C12H15NO6. The topological polar surface area (TPSA) is 89.2 Å². The molecule has 0 aliphatic carbocycles. The van der Waals surface area contributed by atoms with E-state index in [9.17, 15) is 9.59 Å². The van der Waals surface area contributed by atoms with Crippen molar-refractivity contribution in [3.05, 3.63) is 23.7 Å². The average molecular weight is 269 g/mol. The molecule has 0 radical (unpaired) electrons. The zero-order valence-corrected chi connectivity index (χ0v) is 10.5. The van der Waals surface area contributed by atoms with Crippen LogP contribution in [0, 0.1) is 0 Å². The number of methoxy groups -OCH3 is 1. The number of hydrogen-bond donors (Lipinski definition) is 1. The first kappa shape index (κ1) is 13.6. The maximum atomic E-state index is 12.1. The highest BCUT2D eigenvalue weighted by Crippen LogP contribution is 2.14. The third-order valence-electron chi connectivity index (χ3n) is 2.81. The van der Waals surface area contributed by atoms with Gasteiger partial charge in [0.05, 0.1) is 19.3 Å². The first-order valence-electron chi connectivity index (χ1n) is 5.84. The standard InChI is InChI=1S/C12H15NO6/c1-17-7-8-6-13(4-5-18-8)11(14)9-2-3-10(19-9)12(15)16/h2-3,8H,4-7H2,1H3,(H,15,16). The molecule has 1 atom stereocenters. The third-order valence-corrected chi connectivity index (χ3v) is 2.81. The molecule has 19 heavy (non-hydrogen) atoms. The van der Waals surface area contributed by atoms with Crippen LogP contribution in [0.5, 0.6) is 0 Å². The van der Waals surface area contributed by atoms with Crippen LogP contribution in [-0.2, 0) is 9.47 Å². The lowest BCUT2D eigenvalue weighted by molar-refractivity contribution is -0.0536. The summed E-state index contributed by atoms with van der Waals surface area (Å²) >= 11 is 0. The summed E-state index contributed by atoms with van der Waals surface area (Å²) in [6.45, 7) is 1.67. The summed E-state index contributed by atoms with van der Waals surface area (Å²) < 4.78 is 15.4. The lowest BCUT2D eigenvalue weighted by Crippen LogP contribution is -2.47. The zero-order valence-electron chi connectivity index (χ0n) is 10.5. The van der Waals surface area contributed by atoms with E-state index in [1.165, 1.54) is 12.1 Å². The van der Waals surface area contributed by atoms with E-state index in [0.717, 1.165) is 0 Å². The second-order valence-electron chi connectivity index (χ2n) is 4.17. The van der Waals surface area contributed by atoms with Crippen LogP contribution >= 0.6 is 0 Å². The number of carbonyl (C=O) groups is 2. The van der Waals surface area contributed by atoms with Crippen molar-refractivity contribution in [1.82, 2.24) is 4.90 Å². The van der Waals surface area contributed by atoms with E-state index in [-0.39, 0.29) is 23.5 Å². The van der Waals surface area contributed by atoms with Gasteiger partial charge in [0.15, 0.2) is 5.76 Å². The smallest absolute Gasteiger partial charge is 0.371 e. The van der Waals surface area contributed by atoms with E-state index >= 15 is 0 Å². The first-order valence-corrected chi connectivity index (χ1v) is 5.84. The fraction of sp³-hybridized carbons (Fsp3) is 0.500. The maximum Gasteiger partial charge on any atom is 0.371 e. The van der Waals surface area contributed by atoms with Crippen LogP contribution in [0.25, 0.3) is 0 Å². The predicted octanol–water partition coefficient (Wildman–Crippen LogP) is 0.465. The minimum absolute atomic E-state index is 0.0236. The highest BCUT2D eigenvalue weighted by molar-refractivity contribution is 5.93. The van der Waals surface area contributed by atoms with Crippen molar-refractivity contribution in [2.45, 2.75) is 6.10 Å². The molecule has 1 N–H and O–H groups in total. The van der Waals surface area contributed by atoms with Gasteiger partial charge >= 0.3 is 5.97 Å². The Morgan fingerprint density at radius 3 is 2.84 bits per heavy atom. The second kappa shape index (κ2) is 5.85. The highest BCUT2D eigenvalue weighted by Gasteiger charge is 2.27. The summed E-state index contributed by atoms with van der Waals surface area (Å²) in [5.74, 6) is -1.75. The molecule has 7 nitrogen and oxygen atoms in total. The molecule has 0 bridgehead atoms. The molecule has 0 aromatic carbocycles.